The summed E-state index contributed by atoms with van der Waals surface area (Å²) in [5.74, 6) is 0.947. The fourth-order valence-corrected chi connectivity index (χ4v) is 3.06. The zero-order chi connectivity index (χ0) is 14.5. The Bertz CT molecular complexity index is 534. The van der Waals surface area contributed by atoms with Crippen LogP contribution in [0.15, 0.2) is 12.1 Å². The Hall–Kier alpha value is -0.850. The number of hydrogen-bond donors (Lipinski definition) is 1. The van der Waals surface area contributed by atoms with Crippen LogP contribution in [0.4, 0.5) is 5.69 Å². The van der Waals surface area contributed by atoms with Gasteiger partial charge in [-0.2, -0.15) is 0 Å². The second kappa shape index (κ2) is 7.07. The van der Waals surface area contributed by atoms with Crippen molar-refractivity contribution in [3.8, 4) is 11.5 Å². The molecule has 0 aliphatic carbocycles. The molecule has 0 saturated heterocycles. The minimum atomic E-state index is -3.48. The standard InChI is InChI=1S/C11H15Cl2NO4S/c1-17-10-7-11(18-2)9(6-8(10)13)14-19(15,16)5-3-4-12/h6-7,14H,3-5H2,1-2H3. The van der Waals surface area contributed by atoms with Crippen molar-refractivity contribution in [1.29, 1.82) is 0 Å². The average molecular weight is 328 g/mol. The van der Waals surface area contributed by atoms with Crippen LogP contribution in [0.25, 0.3) is 0 Å². The highest BCUT2D eigenvalue weighted by Gasteiger charge is 2.16. The van der Waals surface area contributed by atoms with Crippen molar-refractivity contribution in [2.24, 2.45) is 0 Å². The number of halogens is 2. The summed E-state index contributed by atoms with van der Waals surface area (Å²) in [5.41, 5.74) is 0.267. The van der Waals surface area contributed by atoms with Gasteiger partial charge >= 0.3 is 0 Å². The van der Waals surface area contributed by atoms with Crippen LogP contribution in [0.1, 0.15) is 6.42 Å². The van der Waals surface area contributed by atoms with E-state index in [1.165, 1.54) is 26.4 Å². The third kappa shape index (κ3) is 4.63. The smallest absolute Gasteiger partial charge is 0.232 e. The van der Waals surface area contributed by atoms with Crippen molar-refractivity contribution in [1.82, 2.24) is 0 Å². The van der Waals surface area contributed by atoms with Crippen LogP contribution in [-0.2, 0) is 10.0 Å². The molecule has 8 heteroatoms. The second-order valence-electron chi connectivity index (χ2n) is 3.65. The van der Waals surface area contributed by atoms with Gasteiger partial charge in [0.25, 0.3) is 0 Å². The molecule has 0 aliphatic heterocycles. The molecule has 0 aromatic heterocycles. The molecule has 1 aromatic rings. The molecule has 0 aliphatic rings. The van der Waals surface area contributed by atoms with Gasteiger partial charge in [0.15, 0.2) is 0 Å². The zero-order valence-corrected chi connectivity index (χ0v) is 12.9. The van der Waals surface area contributed by atoms with Crippen LogP contribution in [0.5, 0.6) is 11.5 Å². The number of rotatable bonds is 7. The molecule has 1 N–H and O–H groups in total. The molecule has 0 fully saturated rings. The number of hydrogen-bond acceptors (Lipinski definition) is 4. The summed E-state index contributed by atoms with van der Waals surface area (Å²) in [6.45, 7) is 0. The van der Waals surface area contributed by atoms with E-state index in [9.17, 15) is 8.42 Å². The van der Waals surface area contributed by atoms with Gasteiger partial charge in [0.1, 0.15) is 11.5 Å². The summed E-state index contributed by atoms with van der Waals surface area (Å²) < 4.78 is 36.1. The molecule has 0 spiro atoms. The van der Waals surface area contributed by atoms with Crippen molar-refractivity contribution in [3.05, 3.63) is 17.2 Å². The Morgan fingerprint density at radius 2 is 1.84 bits per heavy atom. The molecule has 19 heavy (non-hydrogen) atoms. The normalized spacial score (nSPS) is 11.2. The van der Waals surface area contributed by atoms with Gasteiger partial charge in [0.05, 0.1) is 30.7 Å². The predicted octanol–water partition coefficient (Wildman–Crippen LogP) is 2.73. The van der Waals surface area contributed by atoms with Gasteiger partial charge in [-0.15, -0.1) is 11.6 Å². The van der Waals surface area contributed by atoms with E-state index < -0.39 is 10.0 Å². The number of ether oxygens (including phenoxy) is 2. The summed E-state index contributed by atoms with van der Waals surface area (Å²) in [7, 11) is -0.587. The molecule has 0 saturated carbocycles. The van der Waals surface area contributed by atoms with Crippen molar-refractivity contribution in [2.75, 3.05) is 30.6 Å². The molecular weight excluding hydrogens is 313 g/mol. The number of sulfonamides is 1. The summed E-state index contributed by atoms with van der Waals surface area (Å²) >= 11 is 11.4. The van der Waals surface area contributed by atoms with E-state index in [1.807, 2.05) is 0 Å². The predicted molar refractivity (Wildman–Crippen MR) is 77.3 cm³/mol. The number of benzene rings is 1. The second-order valence-corrected chi connectivity index (χ2v) is 6.28. The molecule has 1 rings (SSSR count). The third-order valence-electron chi connectivity index (χ3n) is 2.29. The van der Waals surface area contributed by atoms with Crippen molar-refractivity contribution in [3.63, 3.8) is 0 Å². The van der Waals surface area contributed by atoms with Gasteiger partial charge in [-0.3, -0.25) is 4.72 Å². The maximum absolute atomic E-state index is 11.8. The van der Waals surface area contributed by atoms with Crippen LogP contribution >= 0.6 is 23.2 Å². The first-order valence-electron chi connectivity index (χ1n) is 5.41. The molecule has 0 atom stereocenters. The minimum absolute atomic E-state index is 0.0662. The fourth-order valence-electron chi connectivity index (χ4n) is 1.40. The lowest BCUT2D eigenvalue weighted by Gasteiger charge is -2.13. The third-order valence-corrected chi connectivity index (χ3v) is 4.21. The van der Waals surface area contributed by atoms with Gasteiger partial charge in [0.2, 0.25) is 10.0 Å². The Morgan fingerprint density at radius 1 is 1.21 bits per heavy atom. The van der Waals surface area contributed by atoms with Crippen LogP contribution < -0.4 is 14.2 Å². The number of methoxy groups -OCH3 is 2. The lowest BCUT2D eigenvalue weighted by Crippen LogP contribution is -2.17. The van der Waals surface area contributed by atoms with E-state index in [4.69, 9.17) is 32.7 Å². The number of alkyl halides is 1. The largest absolute Gasteiger partial charge is 0.495 e. The molecule has 0 unspecified atom stereocenters. The first-order valence-corrected chi connectivity index (χ1v) is 7.98. The topological polar surface area (TPSA) is 64.6 Å². The monoisotopic (exact) mass is 327 g/mol. The summed E-state index contributed by atoms with van der Waals surface area (Å²) in [6.07, 6.45) is 0.364. The summed E-state index contributed by atoms with van der Waals surface area (Å²) in [4.78, 5) is 0. The molecule has 108 valence electrons. The lowest BCUT2D eigenvalue weighted by molar-refractivity contribution is 0.396. The Kier molecular flexibility index (Phi) is 6.03. The quantitative estimate of drug-likeness (QED) is 0.782. The van der Waals surface area contributed by atoms with E-state index >= 15 is 0 Å². The summed E-state index contributed by atoms with van der Waals surface area (Å²) in [5, 5.41) is 0.290. The van der Waals surface area contributed by atoms with Gasteiger partial charge < -0.3 is 9.47 Å². The van der Waals surface area contributed by atoms with Crippen LogP contribution in [0.3, 0.4) is 0 Å². The van der Waals surface area contributed by atoms with Crippen LogP contribution in [-0.4, -0.2) is 34.3 Å². The van der Waals surface area contributed by atoms with E-state index in [0.717, 1.165) is 0 Å². The summed E-state index contributed by atoms with van der Waals surface area (Å²) in [6, 6.07) is 2.96. The van der Waals surface area contributed by atoms with Gasteiger partial charge in [0, 0.05) is 11.9 Å². The van der Waals surface area contributed by atoms with Crippen molar-refractivity contribution < 1.29 is 17.9 Å². The highest BCUT2D eigenvalue weighted by Crippen LogP contribution is 2.36. The Labute approximate surface area is 122 Å². The van der Waals surface area contributed by atoms with Gasteiger partial charge in [-0.1, -0.05) is 11.6 Å². The molecule has 0 heterocycles. The average Bonchev–Trinajstić information content (AvgIpc) is 2.36. The Balaban J connectivity index is 3.03. The van der Waals surface area contributed by atoms with Crippen LogP contribution in [0.2, 0.25) is 5.02 Å². The number of anilines is 1. The van der Waals surface area contributed by atoms with Crippen molar-refractivity contribution in [2.45, 2.75) is 6.42 Å². The Morgan fingerprint density at radius 3 is 2.37 bits per heavy atom. The number of nitrogens with one attached hydrogen (secondary N) is 1. The van der Waals surface area contributed by atoms with E-state index in [-0.39, 0.29) is 17.3 Å². The molecular formula is C11H15Cl2NO4S. The SMILES string of the molecule is COc1cc(OC)c(NS(=O)(=O)CCCCl)cc1Cl. The molecule has 0 amide bonds. The fraction of sp³-hybridized carbons (Fsp3) is 0.455. The lowest BCUT2D eigenvalue weighted by atomic mass is 10.3. The highest BCUT2D eigenvalue weighted by molar-refractivity contribution is 7.92. The minimum Gasteiger partial charge on any atom is -0.495 e. The molecule has 0 bridgehead atoms. The molecule has 0 radical (unpaired) electrons. The van der Waals surface area contributed by atoms with E-state index in [0.29, 0.717) is 22.9 Å². The van der Waals surface area contributed by atoms with E-state index in [1.54, 1.807) is 0 Å². The maximum atomic E-state index is 11.8. The zero-order valence-electron chi connectivity index (χ0n) is 10.6. The first-order chi connectivity index (χ1) is 8.93. The van der Waals surface area contributed by atoms with Gasteiger partial charge in [-0.05, 0) is 12.5 Å². The van der Waals surface area contributed by atoms with E-state index in [2.05, 4.69) is 4.72 Å². The highest BCUT2D eigenvalue weighted by atomic mass is 35.5. The van der Waals surface area contributed by atoms with Crippen LogP contribution in [0, 0.1) is 0 Å². The van der Waals surface area contributed by atoms with Crippen molar-refractivity contribution >= 4 is 38.9 Å². The molecule has 5 nitrogen and oxygen atoms in total. The molecule has 1 aromatic carbocycles. The van der Waals surface area contributed by atoms with Gasteiger partial charge in [-0.25, -0.2) is 8.42 Å². The first kappa shape index (κ1) is 16.2. The maximum Gasteiger partial charge on any atom is 0.232 e.